The number of carbonyl (C=O) groups is 2. The summed E-state index contributed by atoms with van der Waals surface area (Å²) in [7, 11) is 0. The smallest absolute Gasteiger partial charge is 0.266 e. The fourth-order valence-electron chi connectivity index (χ4n) is 7.49. The summed E-state index contributed by atoms with van der Waals surface area (Å²) in [5, 5.41) is 1.14. The molecule has 1 aromatic heterocycles. The Kier molecular flexibility index (Phi) is 4.45. The molecule has 9 heteroatoms. The molecule has 2 unspecified atom stereocenters. The largest absolute Gasteiger partial charge is 0.283 e. The van der Waals surface area contributed by atoms with Gasteiger partial charge in [0.2, 0.25) is 11.8 Å². The molecule has 3 saturated heterocycles. The van der Waals surface area contributed by atoms with E-state index in [4.69, 9.17) is 28.2 Å². The van der Waals surface area contributed by atoms with E-state index in [1.807, 2.05) is 42.5 Å². The van der Waals surface area contributed by atoms with Crippen LogP contribution in [-0.2, 0) is 15.1 Å². The van der Waals surface area contributed by atoms with E-state index < -0.39 is 17.4 Å². The van der Waals surface area contributed by atoms with Gasteiger partial charge < -0.3 is 0 Å². The van der Waals surface area contributed by atoms with Crippen molar-refractivity contribution in [2.45, 2.75) is 24.4 Å². The minimum absolute atomic E-state index is 0.146. The molecular weight excluding hydrogens is 523 g/mol. The number of para-hydroxylation sites is 2. The number of nitrogens with zero attached hydrogens (tertiary/aromatic N) is 4. The molecule has 0 bridgehead atoms. The van der Waals surface area contributed by atoms with E-state index in [-0.39, 0.29) is 28.4 Å². The second kappa shape index (κ2) is 7.53. The Morgan fingerprint density at radius 2 is 1.68 bits per heavy atom. The molecule has 0 saturated carbocycles. The molecule has 4 aliphatic rings. The summed E-state index contributed by atoms with van der Waals surface area (Å²) in [4.78, 5) is 51.1. The van der Waals surface area contributed by atoms with Gasteiger partial charge in [-0.15, -0.1) is 0 Å². The second-order valence-corrected chi connectivity index (χ2v) is 11.2. The zero-order valence-electron chi connectivity index (χ0n) is 20.0. The van der Waals surface area contributed by atoms with Crippen LogP contribution in [0.15, 0.2) is 71.5 Å². The average Bonchev–Trinajstić information content (AvgIpc) is 3.63. The van der Waals surface area contributed by atoms with Gasteiger partial charge in [-0.1, -0.05) is 53.5 Å². The Morgan fingerprint density at radius 1 is 0.895 bits per heavy atom. The van der Waals surface area contributed by atoms with Crippen molar-refractivity contribution in [3.8, 4) is 5.69 Å². The van der Waals surface area contributed by atoms with Gasteiger partial charge in [-0.3, -0.25) is 23.9 Å². The molecule has 188 valence electrons. The van der Waals surface area contributed by atoms with Crippen LogP contribution >= 0.6 is 23.2 Å². The predicted molar refractivity (Wildman–Crippen MR) is 144 cm³/mol. The molecule has 4 aromatic rings. The Bertz CT molecular complexity index is 1800. The molecule has 0 radical (unpaired) electrons. The van der Waals surface area contributed by atoms with Gasteiger partial charge in [0.1, 0.15) is 11.4 Å². The first-order chi connectivity index (χ1) is 18.4. The van der Waals surface area contributed by atoms with Crippen molar-refractivity contribution < 1.29 is 9.59 Å². The predicted octanol–water partition coefficient (Wildman–Crippen LogP) is 4.53. The Balaban J connectivity index is 1.44. The van der Waals surface area contributed by atoms with Gasteiger partial charge in [-0.25, -0.2) is 9.88 Å². The summed E-state index contributed by atoms with van der Waals surface area (Å²) in [5.74, 6) is -1.34. The third kappa shape index (κ3) is 2.50. The number of hydrogen-bond acceptors (Lipinski definition) is 5. The molecule has 3 fully saturated rings. The van der Waals surface area contributed by atoms with Crippen molar-refractivity contribution in [2.75, 3.05) is 11.4 Å². The van der Waals surface area contributed by atoms with Gasteiger partial charge in [-0.2, -0.15) is 0 Å². The van der Waals surface area contributed by atoms with Crippen molar-refractivity contribution in [1.29, 1.82) is 0 Å². The molecule has 3 aromatic carbocycles. The Morgan fingerprint density at radius 3 is 2.53 bits per heavy atom. The number of fused-ring (bicyclic) bond motifs is 11. The maximum absolute atomic E-state index is 14.4. The second-order valence-electron chi connectivity index (χ2n) is 10.4. The third-order valence-electron chi connectivity index (χ3n) is 8.80. The van der Waals surface area contributed by atoms with Gasteiger partial charge in [0.15, 0.2) is 0 Å². The monoisotopic (exact) mass is 542 g/mol. The van der Waals surface area contributed by atoms with E-state index >= 15 is 0 Å². The molecule has 4 aliphatic heterocycles. The number of benzene rings is 3. The Labute approximate surface area is 227 Å². The number of imide groups is 1. The molecule has 0 N–H and O–H groups in total. The van der Waals surface area contributed by atoms with E-state index in [0.717, 1.165) is 18.4 Å². The minimum Gasteiger partial charge on any atom is -0.283 e. The fraction of sp³-hybridized carbons (Fsp3) is 0.241. The number of amides is 2. The van der Waals surface area contributed by atoms with Gasteiger partial charge in [0.05, 0.1) is 44.2 Å². The average molecular weight is 543 g/mol. The summed E-state index contributed by atoms with van der Waals surface area (Å²) in [5.41, 5.74) is 1.32. The van der Waals surface area contributed by atoms with Crippen molar-refractivity contribution in [1.82, 2.24) is 14.5 Å². The molecule has 1 spiro atoms. The van der Waals surface area contributed by atoms with E-state index in [9.17, 15) is 14.4 Å². The van der Waals surface area contributed by atoms with Crippen LogP contribution in [0, 0.1) is 11.8 Å². The molecule has 2 amide bonds. The summed E-state index contributed by atoms with van der Waals surface area (Å²) < 4.78 is 1.66. The van der Waals surface area contributed by atoms with Crippen molar-refractivity contribution >= 4 is 51.6 Å². The van der Waals surface area contributed by atoms with Crippen LogP contribution < -0.4 is 10.5 Å². The van der Waals surface area contributed by atoms with E-state index in [0.29, 0.717) is 39.7 Å². The molecule has 8 rings (SSSR count). The number of hydrogen-bond donors (Lipinski definition) is 0. The van der Waals surface area contributed by atoms with Crippen LogP contribution in [0.1, 0.15) is 24.2 Å². The quantitative estimate of drug-likeness (QED) is 0.330. The lowest BCUT2D eigenvalue weighted by molar-refractivity contribution is -0.124. The number of anilines is 1. The molecule has 4 atom stereocenters. The van der Waals surface area contributed by atoms with E-state index in [1.54, 1.807) is 28.8 Å². The van der Waals surface area contributed by atoms with Crippen LogP contribution in [0.2, 0.25) is 10.0 Å². The fourth-order valence-corrected chi connectivity index (χ4v) is 7.78. The highest BCUT2D eigenvalue weighted by Gasteiger charge is 2.73. The number of aromatic nitrogens is 2. The zero-order valence-corrected chi connectivity index (χ0v) is 21.5. The van der Waals surface area contributed by atoms with Crippen LogP contribution in [0.3, 0.4) is 0 Å². The van der Waals surface area contributed by atoms with Gasteiger partial charge >= 0.3 is 0 Å². The summed E-state index contributed by atoms with van der Waals surface area (Å²) in [6.07, 6.45) is 1.68. The molecule has 38 heavy (non-hydrogen) atoms. The highest BCUT2D eigenvalue weighted by atomic mass is 35.5. The normalized spacial score (nSPS) is 27.3. The minimum atomic E-state index is -1.04. The maximum Gasteiger partial charge on any atom is 0.266 e. The van der Waals surface area contributed by atoms with Crippen LogP contribution in [0.25, 0.3) is 16.6 Å². The highest BCUT2D eigenvalue weighted by Crippen LogP contribution is 2.62. The van der Waals surface area contributed by atoms with E-state index in [1.165, 1.54) is 4.90 Å². The molecule has 0 aliphatic carbocycles. The van der Waals surface area contributed by atoms with Crippen LogP contribution in [0.5, 0.6) is 0 Å². The van der Waals surface area contributed by atoms with Crippen LogP contribution in [-0.4, -0.2) is 38.9 Å². The lowest BCUT2D eigenvalue weighted by atomic mass is 9.75. The SMILES string of the molecule is O=C1[C@H]2C3CCCN3C3(c4ccccc4-n4c3nc3ccccc3c4=O)[C@H]2C(=O)N1c1ccc(Cl)c(Cl)c1. The van der Waals surface area contributed by atoms with Crippen molar-refractivity contribution in [3.05, 3.63) is 98.5 Å². The van der Waals surface area contributed by atoms with Gasteiger partial charge in [-0.05, 0) is 55.8 Å². The number of halogens is 2. The van der Waals surface area contributed by atoms with Crippen LogP contribution in [0.4, 0.5) is 5.69 Å². The van der Waals surface area contributed by atoms with Gasteiger partial charge in [0.25, 0.3) is 5.56 Å². The lowest BCUT2D eigenvalue weighted by Gasteiger charge is -2.38. The summed E-state index contributed by atoms with van der Waals surface area (Å²) in [6.45, 7) is 0.710. The summed E-state index contributed by atoms with van der Waals surface area (Å²) in [6, 6.07) is 19.6. The molecule has 7 nitrogen and oxygen atoms in total. The highest BCUT2D eigenvalue weighted by molar-refractivity contribution is 6.42. The maximum atomic E-state index is 14.4. The number of rotatable bonds is 1. The topological polar surface area (TPSA) is 75.5 Å². The lowest BCUT2D eigenvalue weighted by Crippen LogP contribution is -2.51. The van der Waals surface area contributed by atoms with Crippen molar-refractivity contribution in [3.63, 3.8) is 0 Å². The summed E-state index contributed by atoms with van der Waals surface area (Å²) >= 11 is 12.4. The molecular formula is C29H20Cl2N4O3. The third-order valence-corrected chi connectivity index (χ3v) is 9.54. The Hall–Kier alpha value is -3.52. The standard InChI is InChI=1S/C29H20Cl2N4O3/c30-18-12-11-15(14-19(18)31)34-26(37)23-22-10-5-13-33(22)29(24(23)27(34)38)17-7-2-4-9-21(17)35-25(36)16-6-1-3-8-20(16)32-28(29)35/h1-4,6-9,11-12,14,22-24H,5,10,13H2/t22?,23-,24+,29?/m0/s1. The van der Waals surface area contributed by atoms with Crippen molar-refractivity contribution in [2.24, 2.45) is 11.8 Å². The number of carbonyl (C=O) groups excluding carboxylic acids is 2. The van der Waals surface area contributed by atoms with Gasteiger partial charge in [0, 0.05) is 11.6 Å². The first kappa shape index (κ1) is 22.5. The van der Waals surface area contributed by atoms with E-state index in [2.05, 4.69) is 4.90 Å². The molecule has 5 heterocycles. The first-order valence-corrected chi connectivity index (χ1v) is 13.4. The first-order valence-electron chi connectivity index (χ1n) is 12.7. The zero-order chi connectivity index (χ0) is 25.9.